The van der Waals surface area contributed by atoms with Crippen LogP contribution in [0.5, 0.6) is 0 Å². The fourth-order valence-electron chi connectivity index (χ4n) is 1.45. The van der Waals surface area contributed by atoms with E-state index in [4.69, 9.17) is 14.3 Å². The Balaban J connectivity index is 2.21. The van der Waals surface area contributed by atoms with Crippen molar-refractivity contribution in [3.05, 3.63) is 23.7 Å². The molecular weight excluding hydrogens is 222 g/mol. The maximum Gasteiger partial charge on any atom is 0.254 e. The first-order valence-corrected chi connectivity index (χ1v) is 5.82. The molecule has 0 saturated heterocycles. The highest BCUT2D eigenvalue weighted by Crippen LogP contribution is 2.10. The number of rotatable bonds is 8. The van der Waals surface area contributed by atoms with Crippen LogP contribution >= 0.6 is 0 Å². The van der Waals surface area contributed by atoms with Crippen LogP contribution in [0.2, 0.25) is 0 Å². The summed E-state index contributed by atoms with van der Waals surface area (Å²) in [6.07, 6.45) is 2.96. The molecule has 0 atom stereocenters. The van der Waals surface area contributed by atoms with Crippen molar-refractivity contribution in [2.45, 2.75) is 19.8 Å². The molecule has 0 bridgehead atoms. The number of hydrogen-bond donors (Lipinski definition) is 2. The standard InChI is InChI=1S/C12H19NO4/c1-2-11-10(4-8-17-11)12(15)13-5-3-7-16-9-6-14/h4,8,14H,2-3,5-7,9H2,1H3,(H,13,15). The Labute approximate surface area is 101 Å². The first kappa shape index (κ1) is 13.7. The second-order valence-electron chi connectivity index (χ2n) is 3.56. The van der Waals surface area contributed by atoms with E-state index in [0.29, 0.717) is 37.5 Å². The second-order valence-corrected chi connectivity index (χ2v) is 3.56. The van der Waals surface area contributed by atoms with Gasteiger partial charge in [0.25, 0.3) is 5.91 Å². The molecule has 0 saturated carbocycles. The summed E-state index contributed by atoms with van der Waals surface area (Å²) in [5, 5.41) is 11.3. The summed E-state index contributed by atoms with van der Waals surface area (Å²) in [4.78, 5) is 11.7. The van der Waals surface area contributed by atoms with E-state index in [1.807, 2.05) is 6.92 Å². The van der Waals surface area contributed by atoms with E-state index in [-0.39, 0.29) is 12.5 Å². The predicted octanol–water partition coefficient (Wildman–Crippen LogP) is 0.971. The Bertz CT molecular complexity index is 335. The van der Waals surface area contributed by atoms with Crippen molar-refractivity contribution in [3.63, 3.8) is 0 Å². The van der Waals surface area contributed by atoms with Gasteiger partial charge >= 0.3 is 0 Å². The Morgan fingerprint density at radius 2 is 2.35 bits per heavy atom. The number of hydrogen-bond acceptors (Lipinski definition) is 4. The molecule has 5 heteroatoms. The van der Waals surface area contributed by atoms with Crippen molar-refractivity contribution < 1.29 is 19.1 Å². The average Bonchev–Trinajstić information content (AvgIpc) is 2.81. The number of aliphatic hydroxyl groups is 1. The van der Waals surface area contributed by atoms with Gasteiger partial charge in [-0.2, -0.15) is 0 Å². The number of ether oxygens (including phenoxy) is 1. The van der Waals surface area contributed by atoms with Gasteiger partial charge in [-0.3, -0.25) is 4.79 Å². The third kappa shape index (κ3) is 4.58. The van der Waals surface area contributed by atoms with Gasteiger partial charge in [-0.1, -0.05) is 6.92 Å². The van der Waals surface area contributed by atoms with Crippen LogP contribution < -0.4 is 5.32 Å². The molecule has 0 aliphatic heterocycles. The van der Waals surface area contributed by atoms with E-state index in [9.17, 15) is 4.79 Å². The van der Waals surface area contributed by atoms with Gasteiger partial charge < -0.3 is 19.6 Å². The van der Waals surface area contributed by atoms with Crippen LogP contribution in [0, 0.1) is 0 Å². The molecule has 0 radical (unpaired) electrons. The lowest BCUT2D eigenvalue weighted by Gasteiger charge is -2.05. The van der Waals surface area contributed by atoms with Crippen molar-refractivity contribution in [1.29, 1.82) is 0 Å². The predicted molar refractivity (Wildman–Crippen MR) is 62.9 cm³/mol. The number of furan rings is 1. The van der Waals surface area contributed by atoms with Crippen molar-refractivity contribution >= 4 is 5.91 Å². The van der Waals surface area contributed by atoms with E-state index in [0.717, 1.165) is 6.42 Å². The number of nitrogens with one attached hydrogen (secondary N) is 1. The van der Waals surface area contributed by atoms with Crippen LogP contribution in [-0.2, 0) is 11.2 Å². The van der Waals surface area contributed by atoms with Gasteiger partial charge in [0.05, 0.1) is 25.0 Å². The fraction of sp³-hybridized carbons (Fsp3) is 0.583. The molecule has 0 spiro atoms. The van der Waals surface area contributed by atoms with E-state index in [2.05, 4.69) is 5.32 Å². The summed E-state index contributed by atoms with van der Waals surface area (Å²) in [6.45, 7) is 3.40. The summed E-state index contributed by atoms with van der Waals surface area (Å²) >= 11 is 0. The van der Waals surface area contributed by atoms with Crippen LogP contribution in [0.4, 0.5) is 0 Å². The van der Waals surface area contributed by atoms with Gasteiger partial charge in [-0.25, -0.2) is 0 Å². The third-order valence-corrected chi connectivity index (χ3v) is 2.30. The van der Waals surface area contributed by atoms with E-state index in [1.54, 1.807) is 6.07 Å². The van der Waals surface area contributed by atoms with E-state index >= 15 is 0 Å². The lowest BCUT2D eigenvalue weighted by molar-refractivity contribution is 0.0867. The molecule has 1 heterocycles. The monoisotopic (exact) mass is 241 g/mol. The Kier molecular flexibility index (Phi) is 6.35. The fourth-order valence-corrected chi connectivity index (χ4v) is 1.45. The number of aliphatic hydroxyl groups excluding tert-OH is 1. The zero-order valence-corrected chi connectivity index (χ0v) is 10.1. The number of carbonyl (C=O) groups excluding carboxylic acids is 1. The Hall–Kier alpha value is -1.33. The van der Waals surface area contributed by atoms with Gasteiger partial charge in [0.2, 0.25) is 0 Å². The maximum atomic E-state index is 11.7. The number of carbonyl (C=O) groups is 1. The zero-order chi connectivity index (χ0) is 12.5. The lowest BCUT2D eigenvalue weighted by atomic mass is 10.2. The SMILES string of the molecule is CCc1occc1C(=O)NCCCOCCO. The zero-order valence-electron chi connectivity index (χ0n) is 10.1. The van der Waals surface area contributed by atoms with Crippen molar-refractivity contribution in [2.75, 3.05) is 26.4 Å². The van der Waals surface area contributed by atoms with Crippen LogP contribution in [0.15, 0.2) is 16.7 Å². The first-order valence-electron chi connectivity index (χ1n) is 5.82. The van der Waals surface area contributed by atoms with Gasteiger partial charge in [0.15, 0.2) is 0 Å². The van der Waals surface area contributed by atoms with Gasteiger partial charge in [-0.15, -0.1) is 0 Å². The molecule has 96 valence electrons. The van der Waals surface area contributed by atoms with Crippen molar-refractivity contribution in [2.24, 2.45) is 0 Å². The molecule has 17 heavy (non-hydrogen) atoms. The molecule has 0 unspecified atom stereocenters. The van der Waals surface area contributed by atoms with E-state index in [1.165, 1.54) is 6.26 Å². The van der Waals surface area contributed by atoms with Crippen LogP contribution in [0.25, 0.3) is 0 Å². The maximum absolute atomic E-state index is 11.7. The molecule has 1 aromatic heterocycles. The Morgan fingerprint density at radius 1 is 1.53 bits per heavy atom. The lowest BCUT2D eigenvalue weighted by Crippen LogP contribution is -2.25. The molecule has 5 nitrogen and oxygen atoms in total. The van der Waals surface area contributed by atoms with Crippen LogP contribution in [0.3, 0.4) is 0 Å². The summed E-state index contributed by atoms with van der Waals surface area (Å²) in [7, 11) is 0. The minimum absolute atomic E-state index is 0.0290. The molecule has 1 amide bonds. The molecule has 0 aliphatic carbocycles. The molecule has 2 N–H and O–H groups in total. The topological polar surface area (TPSA) is 71.7 Å². The highest BCUT2D eigenvalue weighted by molar-refractivity contribution is 5.95. The largest absolute Gasteiger partial charge is 0.469 e. The normalized spacial score (nSPS) is 10.5. The minimum Gasteiger partial charge on any atom is -0.469 e. The average molecular weight is 241 g/mol. The molecule has 0 aliphatic rings. The number of aryl methyl sites for hydroxylation is 1. The Morgan fingerprint density at radius 3 is 3.06 bits per heavy atom. The molecular formula is C12H19NO4. The molecule has 1 rings (SSSR count). The quantitative estimate of drug-likeness (QED) is 0.665. The summed E-state index contributed by atoms with van der Waals surface area (Å²) < 4.78 is 10.3. The van der Waals surface area contributed by atoms with Gasteiger partial charge in [0, 0.05) is 19.6 Å². The molecule has 1 aromatic rings. The summed E-state index contributed by atoms with van der Waals surface area (Å²) in [5.41, 5.74) is 0.601. The molecule has 0 aromatic carbocycles. The summed E-state index contributed by atoms with van der Waals surface area (Å²) in [6, 6.07) is 1.68. The summed E-state index contributed by atoms with van der Waals surface area (Å²) in [5.74, 6) is 0.594. The number of amides is 1. The minimum atomic E-state index is -0.113. The van der Waals surface area contributed by atoms with Crippen LogP contribution in [-0.4, -0.2) is 37.4 Å². The molecule has 0 fully saturated rings. The highest BCUT2D eigenvalue weighted by Gasteiger charge is 2.11. The van der Waals surface area contributed by atoms with Crippen molar-refractivity contribution in [1.82, 2.24) is 5.32 Å². The second kappa shape index (κ2) is 7.86. The van der Waals surface area contributed by atoms with Gasteiger partial charge in [-0.05, 0) is 12.5 Å². The van der Waals surface area contributed by atoms with Gasteiger partial charge in [0.1, 0.15) is 5.76 Å². The highest BCUT2D eigenvalue weighted by atomic mass is 16.5. The van der Waals surface area contributed by atoms with Crippen LogP contribution in [0.1, 0.15) is 29.5 Å². The van der Waals surface area contributed by atoms with Crippen molar-refractivity contribution in [3.8, 4) is 0 Å². The first-order chi connectivity index (χ1) is 8.29. The van der Waals surface area contributed by atoms with E-state index < -0.39 is 0 Å². The third-order valence-electron chi connectivity index (χ3n) is 2.30. The smallest absolute Gasteiger partial charge is 0.254 e.